The molecule has 5 nitrogen and oxygen atoms in total. The Morgan fingerprint density at radius 3 is 2.90 bits per heavy atom. The highest BCUT2D eigenvalue weighted by Gasteiger charge is 2.33. The molecule has 2 atom stereocenters. The van der Waals surface area contributed by atoms with Crippen LogP contribution in [0.15, 0.2) is 18.2 Å². The first kappa shape index (κ1) is 14.4. The van der Waals surface area contributed by atoms with Crippen molar-refractivity contribution in [3.05, 3.63) is 39.7 Å². The van der Waals surface area contributed by atoms with Crippen LogP contribution in [0.1, 0.15) is 31.2 Å². The number of hydrogen-bond acceptors (Lipinski definition) is 4. The maximum Gasteiger partial charge on any atom is 0.272 e. The molecule has 0 spiro atoms. The molecule has 3 rings (SSSR count). The first-order valence-electron chi connectivity index (χ1n) is 7.55. The second-order valence-corrected chi connectivity index (χ2v) is 5.96. The monoisotopic (exact) mass is 293 g/mol. The topological polar surface area (TPSA) is 58.4 Å². The average Bonchev–Trinajstić information content (AvgIpc) is 3.08. The zero-order chi connectivity index (χ0) is 14.8. The molecule has 0 aliphatic carbocycles. The Labute approximate surface area is 123 Å². The van der Waals surface area contributed by atoms with Crippen molar-refractivity contribution in [1.82, 2.24) is 10.2 Å². The van der Waals surface area contributed by atoms with E-state index in [-0.39, 0.29) is 5.69 Å². The van der Waals surface area contributed by atoms with Gasteiger partial charge in [0, 0.05) is 24.7 Å². The summed E-state index contributed by atoms with van der Waals surface area (Å²) in [6.07, 6.45) is 4.68. The summed E-state index contributed by atoms with van der Waals surface area (Å²) in [5, 5.41) is 14.4. The highest BCUT2D eigenvalue weighted by Crippen LogP contribution is 2.27. The Morgan fingerprint density at radius 1 is 1.33 bits per heavy atom. The molecule has 6 heteroatoms. The molecule has 21 heavy (non-hydrogen) atoms. The van der Waals surface area contributed by atoms with Gasteiger partial charge in [-0.05, 0) is 50.4 Å². The van der Waals surface area contributed by atoms with Gasteiger partial charge in [0.2, 0.25) is 0 Å². The molecule has 0 saturated carbocycles. The summed E-state index contributed by atoms with van der Waals surface area (Å²) >= 11 is 0. The van der Waals surface area contributed by atoms with Crippen LogP contribution in [-0.4, -0.2) is 35.0 Å². The van der Waals surface area contributed by atoms with Crippen LogP contribution < -0.4 is 5.32 Å². The second-order valence-electron chi connectivity index (χ2n) is 5.96. The molecular formula is C15H20FN3O2. The molecule has 0 bridgehead atoms. The Bertz CT molecular complexity index is 532. The third kappa shape index (κ3) is 3.22. The molecule has 0 radical (unpaired) electrons. The Morgan fingerprint density at radius 2 is 2.19 bits per heavy atom. The molecule has 2 aliphatic rings. The van der Waals surface area contributed by atoms with E-state index in [2.05, 4.69) is 10.2 Å². The molecule has 1 N–H and O–H groups in total. The average molecular weight is 293 g/mol. The fourth-order valence-corrected chi connectivity index (χ4v) is 3.61. The minimum Gasteiger partial charge on any atom is -0.312 e. The number of halogens is 1. The van der Waals surface area contributed by atoms with E-state index in [1.807, 2.05) is 0 Å². The number of nitro benzene ring substituents is 1. The van der Waals surface area contributed by atoms with Crippen LogP contribution in [0, 0.1) is 15.9 Å². The van der Waals surface area contributed by atoms with Crippen LogP contribution in [0.5, 0.6) is 0 Å². The molecule has 2 heterocycles. The first-order chi connectivity index (χ1) is 10.1. The van der Waals surface area contributed by atoms with Crippen LogP contribution in [0.3, 0.4) is 0 Å². The van der Waals surface area contributed by atoms with E-state index in [9.17, 15) is 14.5 Å². The number of non-ortho nitro benzene ring substituents is 1. The number of rotatable bonds is 4. The summed E-state index contributed by atoms with van der Waals surface area (Å²) in [7, 11) is 0. The van der Waals surface area contributed by atoms with Gasteiger partial charge >= 0.3 is 0 Å². The molecule has 2 unspecified atom stereocenters. The van der Waals surface area contributed by atoms with Crippen molar-refractivity contribution in [2.45, 2.75) is 44.3 Å². The van der Waals surface area contributed by atoms with Gasteiger partial charge in [0.1, 0.15) is 5.82 Å². The quantitative estimate of drug-likeness (QED) is 0.684. The number of nitrogens with one attached hydrogen (secondary N) is 1. The Hall–Kier alpha value is -1.53. The van der Waals surface area contributed by atoms with Crippen LogP contribution >= 0.6 is 0 Å². The molecule has 2 fully saturated rings. The van der Waals surface area contributed by atoms with E-state index in [0.717, 1.165) is 32.0 Å². The molecule has 2 saturated heterocycles. The number of benzene rings is 1. The van der Waals surface area contributed by atoms with Crippen molar-refractivity contribution < 1.29 is 9.31 Å². The zero-order valence-electron chi connectivity index (χ0n) is 11.9. The van der Waals surface area contributed by atoms with E-state index in [4.69, 9.17) is 0 Å². The highest BCUT2D eigenvalue weighted by molar-refractivity contribution is 5.35. The van der Waals surface area contributed by atoms with E-state index in [0.29, 0.717) is 24.2 Å². The predicted octanol–water partition coefficient (Wildman–Crippen LogP) is 2.45. The van der Waals surface area contributed by atoms with E-state index in [1.54, 1.807) is 0 Å². The highest BCUT2D eigenvalue weighted by atomic mass is 19.1. The van der Waals surface area contributed by atoms with Crippen molar-refractivity contribution in [3.63, 3.8) is 0 Å². The first-order valence-corrected chi connectivity index (χ1v) is 7.55. The van der Waals surface area contributed by atoms with Crippen LogP contribution in [0.2, 0.25) is 0 Å². The van der Waals surface area contributed by atoms with Gasteiger partial charge in [0.05, 0.1) is 11.0 Å². The number of hydrogen-bond donors (Lipinski definition) is 1. The summed E-state index contributed by atoms with van der Waals surface area (Å²) in [4.78, 5) is 12.6. The van der Waals surface area contributed by atoms with Crippen molar-refractivity contribution in [2.75, 3.05) is 13.1 Å². The third-order valence-corrected chi connectivity index (χ3v) is 4.52. The van der Waals surface area contributed by atoms with Crippen LogP contribution in [0.25, 0.3) is 0 Å². The van der Waals surface area contributed by atoms with Gasteiger partial charge in [-0.15, -0.1) is 0 Å². The second kappa shape index (κ2) is 6.07. The SMILES string of the molecule is O=[N+]([O-])c1cc(F)cc(CN2CCCC2C2CCCN2)c1. The summed E-state index contributed by atoms with van der Waals surface area (Å²) in [6, 6.07) is 4.85. The molecule has 1 aromatic carbocycles. The largest absolute Gasteiger partial charge is 0.312 e. The fourth-order valence-electron chi connectivity index (χ4n) is 3.61. The van der Waals surface area contributed by atoms with Crippen molar-refractivity contribution >= 4 is 5.69 Å². The standard InChI is InChI=1S/C15H20FN3O2/c16-12-7-11(8-13(9-12)19(20)21)10-18-6-2-4-15(18)14-3-1-5-17-14/h7-9,14-15,17H,1-6,10H2. The zero-order valence-corrected chi connectivity index (χ0v) is 11.9. The van der Waals surface area contributed by atoms with Crippen molar-refractivity contribution in [1.29, 1.82) is 0 Å². The predicted molar refractivity (Wildman–Crippen MR) is 77.5 cm³/mol. The van der Waals surface area contributed by atoms with E-state index >= 15 is 0 Å². The van der Waals surface area contributed by atoms with Gasteiger partial charge in [-0.3, -0.25) is 15.0 Å². The maximum atomic E-state index is 13.5. The lowest BCUT2D eigenvalue weighted by atomic mass is 10.0. The van der Waals surface area contributed by atoms with Gasteiger partial charge < -0.3 is 5.32 Å². The molecule has 0 aromatic heterocycles. The molecule has 0 amide bonds. The van der Waals surface area contributed by atoms with E-state index < -0.39 is 10.7 Å². The number of nitro groups is 1. The normalized spacial score (nSPS) is 26.3. The third-order valence-electron chi connectivity index (χ3n) is 4.52. The Balaban J connectivity index is 1.74. The maximum absolute atomic E-state index is 13.5. The smallest absolute Gasteiger partial charge is 0.272 e. The summed E-state index contributed by atoms with van der Waals surface area (Å²) in [5.41, 5.74) is 0.520. The van der Waals surface area contributed by atoms with Gasteiger partial charge in [-0.2, -0.15) is 0 Å². The minimum absolute atomic E-state index is 0.167. The molecule has 114 valence electrons. The fraction of sp³-hybridized carbons (Fsp3) is 0.600. The van der Waals surface area contributed by atoms with Crippen molar-refractivity contribution in [2.24, 2.45) is 0 Å². The minimum atomic E-state index is -0.535. The lowest BCUT2D eigenvalue weighted by Crippen LogP contribution is -2.43. The number of likely N-dealkylation sites (tertiary alicyclic amines) is 1. The summed E-state index contributed by atoms with van der Waals surface area (Å²) in [6.45, 7) is 2.63. The summed E-state index contributed by atoms with van der Waals surface area (Å²) in [5.74, 6) is -0.533. The summed E-state index contributed by atoms with van der Waals surface area (Å²) < 4.78 is 13.5. The van der Waals surface area contributed by atoms with Gasteiger partial charge in [0.15, 0.2) is 0 Å². The molecule has 2 aliphatic heterocycles. The van der Waals surface area contributed by atoms with Gasteiger partial charge in [-0.1, -0.05) is 0 Å². The lowest BCUT2D eigenvalue weighted by molar-refractivity contribution is -0.385. The van der Waals surface area contributed by atoms with Crippen LogP contribution in [-0.2, 0) is 6.54 Å². The van der Waals surface area contributed by atoms with Crippen molar-refractivity contribution in [3.8, 4) is 0 Å². The molecular weight excluding hydrogens is 273 g/mol. The van der Waals surface area contributed by atoms with E-state index in [1.165, 1.54) is 25.0 Å². The lowest BCUT2D eigenvalue weighted by Gasteiger charge is -2.29. The van der Waals surface area contributed by atoms with Gasteiger partial charge in [0.25, 0.3) is 5.69 Å². The Kier molecular flexibility index (Phi) is 4.17. The molecule has 1 aromatic rings. The number of nitrogens with zero attached hydrogens (tertiary/aromatic N) is 2. The van der Waals surface area contributed by atoms with Crippen LogP contribution in [0.4, 0.5) is 10.1 Å². The van der Waals surface area contributed by atoms with Gasteiger partial charge in [-0.25, -0.2) is 4.39 Å².